The molecule has 152 valence electrons. The third-order valence-corrected chi connectivity index (χ3v) is 5.87. The molecule has 0 aliphatic heterocycles. The van der Waals surface area contributed by atoms with Gasteiger partial charge in [-0.05, 0) is 66.9 Å². The van der Waals surface area contributed by atoms with Crippen LogP contribution in [0.3, 0.4) is 0 Å². The van der Waals surface area contributed by atoms with E-state index in [-0.39, 0.29) is 12.5 Å². The fourth-order valence-corrected chi connectivity index (χ4v) is 4.45. The maximum atomic E-state index is 13.1. The number of aromatic nitrogens is 2. The number of anilines is 1. The molecule has 0 bridgehead atoms. The zero-order valence-electron chi connectivity index (χ0n) is 16.6. The van der Waals surface area contributed by atoms with Crippen molar-refractivity contribution in [2.45, 2.75) is 20.4 Å². The van der Waals surface area contributed by atoms with E-state index in [1.807, 2.05) is 19.1 Å². The van der Waals surface area contributed by atoms with E-state index in [1.54, 1.807) is 41.6 Å². The summed E-state index contributed by atoms with van der Waals surface area (Å²) < 4.78 is 6.75. The van der Waals surface area contributed by atoms with Gasteiger partial charge in [0.2, 0.25) is 0 Å². The number of aryl methyl sites for hydroxylation is 2. The number of carbonyl (C=O) groups excluding carboxylic acids is 1. The second kappa shape index (κ2) is 8.81. The molecule has 5 nitrogen and oxygen atoms in total. The molecule has 0 radical (unpaired) electrons. The van der Waals surface area contributed by atoms with Crippen molar-refractivity contribution < 1.29 is 9.53 Å². The molecule has 2 aromatic carbocycles. The Labute approximate surface area is 183 Å². The molecule has 0 aliphatic rings. The summed E-state index contributed by atoms with van der Waals surface area (Å²) >= 11 is 7.42. The molecule has 4 aromatic rings. The number of thiazole rings is 1. The standard InChI is InChI=1S/C23H20ClN3O2S/c1-15-10-16(2)22-20(11-15)30-23(26-22)27(13-17-4-3-9-25-12-17)21(28)14-29-19-7-5-18(24)6-8-19/h3-12H,13-14H2,1-2H3. The van der Waals surface area contributed by atoms with Crippen LogP contribution in [0.25, 0.3) is 10.2 Å². The van der Waals surface area contributed by atoms with E-state index in [2.05, 4.69) is 24.0 Å². The van der Waals surface area contributed by atoms with Crippen LogP contribution in [0.15, 0.2) is 60.9 Å². The number of fused-ring (bicyclic) bond motifs is 1. The first-order valence-electron chi connectivity index (χ1n) is 9.45. The van der Waals surface area contributed by atoms with E-state index >= 15 is 0 Å². The molecule has 0 N–H and O–H groups in total. The minimum absolute atomic E-state index is 0.101. The fraction of sp³-hybridized carbons (Fsp3) is 0.174. The number of hydrogen-bond acceptors (Lipinski definition) is 5. The number of carbonyl (C=O) groups is 1. The molecule has 2 aromatic heterocycles. The minimum atomic E-state index is -0.178. The van der Waals surface area contributed by atoms with Crippen LogP contribution < -0.4 is 9.64 Å². The zero-order chi connectivity index (χ0) is 21.1. The van der Waals surface area contributed by atoms with Crippen molar-refractivity contribution in [3.63, 3.8) is 0 Å². The summed E-state index contributed by atoms with van der Waals surface area (Å²) in [5, 5.41) is 1.26. The average molecular weight is 438 g/mol. The Kier molecular flexibility index (Phi) is 5.97. The summed E-state index contributed by atoms with van der Waals surface area (Å²) in [5.74, 6) is 0.409. The molecular formula is C23H20ClN3O2S. The van der Waals surface area contributed by atoms with Crippen LogP contribution in [-0.4, -0.2) is 22.5 Å². The molecule has 30 heavy (non-hydrogen) atoms. The van der Waals surface area contributed by atoms with Crippen LogP contribution in [0, 0.1) is 13.8 Å². The van der Waals surface area contributed by atoms with Gasteiger partial charge in [-0.3, -0.25) is 14.7 Å². The normalized spacial score (nSPS) is 10.9. The highest BCUT2D eigenvalue weighted by Crippen LogP contribution is 2.32. The van der Waals surface area contributed by atoms with E-state index in [4.69, 9.17) is 21.3 Å². The topological polar surface area (TPSA) is 55.3 Å². The molecular weight excluding hydrogens is 418 g/mol. The van der Waals surface area contributed by atoms with Crippen molar-refractivity contribution >= 4 is 44.2 Å². The van der Waals surface area contributed by atoms with Gasteiger partial charge in [0.25, 0.3) is 5.91 Å². The summed E-state index contributed by atoms with van der Waals surface area (Å²) in [6.45, 7) is 4.37. The number of rotatable bonds is 6. The van der Waals surface area contributed by atoms with Crippen LogP contribution in [0.2, 0.25) is 5.02 Å². The van der Waals surface area contributed by atoms with Gasteiger partial charge in [-0.2, -0.15) is 0 Å². The SMILES string of the molecule is Cc1cc(C)c2nc(N(Cc3cccnc3)C(=O)COc3ccc(Cl)cc3)sc2c1. The van der Waals surface area contributed by atoms with Gasteiger partial charge in [0, 0.05) is 17.4 Å². The van der Waals surface area contributed by atoms with Gasteiger partial charge in [-0.25, -0.2) is 4.98 Å². The van der Waals surface area contributed by atoms with Crippen molar-refractivity contribution in [3.05, 3.63) is 82.6 Å². The van der Waals surface area contributed by atoms with Gasteiger partial charge < -0.3 is 4.74 Å². The van der Waals surface area contributed by atoms with Crippen molar-refractivity contribution in [1.29, 1.82) is 0 Å². The Morgan fingerprint density at radius 3 is 2.70 bits per heavy atom. The average Bonchev–Trinajstić information content (AvgIpc) is 3.16. The molecule has 7 heteroatoms. The summed E-state index contributed by atoms with van der Waals surface area (Å²) in [6.07, 6.45) is 3.46. The lowest BCUT2D eigenvalue weighted by atomic mass is 10.1. The quantitative estimate of drug-likeness (QED) is 0.395. The highest BCUT2D eigenvalue weighted by Gasteiger charge is 2.21. The smallest absolute Gasteiger partial charge is 0.267 e. The van der Waals surface area contributed by atoms with Gasteiger partial charge in [0.05, 0.1) is 16.8 Å². The van der Waals surface area contributed by atoms with E-state index in [1.165, 1.54) is 16.9 Å². The van der Waals surface area contributed by atoms with Gasteiger partial charge >= 0.3 is 0 Å². The minimum Gasteiger partial charge on any atom is -0.484 e. The second-order valence-corrected chi connectivity index (χ2v) is 8.45. The lowest BCUT2D eigenvalue weighted by Crippen LogP contribution is -2.34. The Morgan fingerprint density at radius 2 is 1.97 bits per heavy atom. The number of nitrogens with zero attached hydrogens (tertiary/aromatic N) is 3. The van der Waals surface area contributed by atoms with Crippen LogP contribution >= 0.6 is 22.9 Å². The number of halogens is 1. The molecule has 0 atom stereocenters. The number of ether oxygens (including phenoxy) is 1. The highest BCUT2D eigenvalue weighted by atomic mass is 35.5. The predicted molar refractivity (Wildman–Crippen MR) is 121 cm³/mol. The van der Waals surface area contributed by atoms with E-state index in [0.717, 1.165) is 21.3 Å². The Hall–Kier alpha value is -2.96. The van der Waals surface area contributed by atoms with Gasteiger partial charge in [-0.15, -0.1) is 0 Å². The Balaban J connectivity index is 1.63. The van der Waals surface area contributed by atoms with Crippen molar-refractivity contribution in [2.24, 2.45) is 0 Å². The summed E-state index contributed by atoms with van der Waals surface area (Å²) in [6, 6.07) is 14.9. The van der Waals surface area contributed by atoms with Crippen LogP contribution in [0.5, 0.6) is 5.75 Å². The van der Waals surface area contributed by atoms with Crippen molar-refractivity contribution in [3.8, 4) is 5.75 Å². The first-order chi connectivity index (χ1) is 14.5. The molecule has 4 rings (SSSR count). The first kappa shape index (κ1) is 20.3. The zero-order valence-corrected chi connectivity index (χ0v) is 18.2. The van der Waals surface area contributed by atoms with Gasteiger partial charge in [0.15, 0.2) is 11.7 Å². The molecule has 0 fully saturated rings. The Bertz CT molecular complexity index is 1180. The van der Waals surface area contributed by atoms with E-state index in [9.17, 15) is 4.79 Å². The largest absolute Gasteiger partial charge is 0.484 e. The number of benzene rings is 2. The van der Waals surface area contributed by atoms with Gasteiger partial charge in [0.1, 0.15) is 5.75 Å². The van der Waals surface area contributed by atoms with Crippen molar-refractivity contribution in [1.82, 2.24) is 9.97 Å². The first-order valence-corrected chi connectivity index (χ1v) is 10.6. The predicted octanol–water partition coefficient (Wildman–Crippen LogP) is 5.57. The molecule has 0 unspecified atom stereocenters. The molecule has 0 saturated heterocycles. The number of hydrogen-bond donors (Lipinski definition) is 0. The van der Waals surface area contributed by atoms with Crippen LogP contribution in [0.4, 0.5) is 5.13 Å². The lowest BCUT2D eigenvalue weighted by Gasteiger charge is -2.20. The summed E-state index contributed by atoms with van der Waals surface area (Å²) in [7, 11) is 0. The highest BCUT2D eigenvalue weighted by molar-refractivity contribution is 7.22. The maximum Gasteiger partial charge on any atom is 0.267 e. The number of amides is 1. The third-order valence-electron chi connectivity index (χ3n) is 4.59. The third kappa shape index (κ3) is 4.61. The maximum absolute atomic E-state index is 13.1. The number of pyridine rings is 1. The van der Waals surface area contributed by atoms with E-state index < -0.39 is 0 Å². The van der Waals surface area contributed by atoms with E-state index in [0.29, 0.717) is 22.4 Å². The molecule has 0 aliphatic carbocycles. The molecule has 2 heterocycles. The molecule has 1 amide bonds. The lowest BCUT2D eigenvalue weighted by molar-refractivity contribution is -0.120. The van der Waals surface area contributed by atoms with Crippen LogP contribution in [0.1, 0.15) is 16.7 Å². The second-order valence-electron chi connectivity index (χ2n) is 7.01. The Morgan fingerprint density at radius 1 is 1.17 bits per heavy atom. The summed E-state index contributed by atoms with van der Waals surface area (Å²) in [4.78, 5) is 23.7. The fourth-order valence-electron chi connectivity index (χ4n) is 3.16. The molecule has 0 spiro atoms. The van der Waals surface area contributed by atoms with Gasteiger partial charge in [-0.1, -0.05) is 35.1 Å². The van der Waals surface area contributed by atoms with Crippen molar-refractivity contribution in [2.75, 3.05) is 11.5 Å². The summed E-state index contributed by atoms with van der Waals surface area (Å²) in [5.41, 5.74) is 4.11. The van der Waals surface area contributed by atoms with Crippen LogP contribution in [-0.2, 0) is 11.3 Å². The monoisotopic (exact) mass is 437 g/mol. The molecule has 0 saturated carbocycles.